The van der Waals surface area contributed by atoms with E-state index in [9.17, 15) is 4.79 Å². The number of carbonyl (C=O) groups is 1. The molecular weight excluding hydrogens is 264 g/mol. The summed E-state index contributed by atoms with van der Waals surface area (Å²) in [7, 11) is 1.49. The number of aromatic carboxylic acids is 1. The molecule has 0 spiro atoms. The maximum atomic E-state index is 11.1. The molecule has 2 aromatic rings. The average Bonchev–Trinajstić information content (AvgIpc) is 2.98. The Bertz CT molecular complexity index is 603. The van der Waals surface area contributed by atoms with Gasteiger partial charge in [-0.2, -0.15) is 5.10 Å². The molecule has 1 N–H and O–H groups in total. The third-order valence-electron chi connectivity index (χ3n) is 2.75. The van der Waals surface area contributed by atoms with E-state index in [0.717, 1.165) is 0 Å². The smallest absolute Gasteiger partial charge is 0.358 e. The van der Waals surface area contributed by atoms with E-state index in [1.54, 1.807) is 4.68 Å². The number of aromatic nitrogens is 6. The Morgan fingerprint density at radius 1 is 1.50 bits per heavy atom. The quantitative estimate of drug-likeness (QED) is 0.812. The van der Waals surface area contributed by atoms with Crippen LogP contribution >= 0.6 is 0 Å². The van der Waals surface area contributed by atoms with E-state index in [1.807, 2.05) is 13.8 Å². The highest BCUT2D eigenvalue weighted by molar-refractivity contribution is 5.86. The van der Waals surface area contributed by atoms with E-state index in [4.69, 9.17) is 9.84 Å². The average molecular weight is 280 g/mol. The molecule has 0 unspecified atom stereocenters. The number of ether oxygens (including phenoxy) is 1. The van der Waals surface area contributed by atoms with Gasteiger partial charge in [-0.15, -0.1) is 5.10 Å². The van der Waals surface area contributed by atoms with Crippen LogP contribution in [0.3, 0.4) is 0 Å². The van der Waals surface area contributed by atoms with Crippen molar-refractivity contribution in [3.8, 4) is 0 Å². The molecule has 0 aromatic carbocycles. The molecule has 20 heavy (non-hydrogen) atoms. The van der Waals surface area contributed by atoms with Crippen LogP contribution in [0, 0.1) is 0 Å². The highest BCUT2D eigenvalue weighted by Crippen LogP contribution is 2.11. The minimum Gasteiger partial charge on any atom is -0.476 e. The Morgan fingerprint density at radius 3 is 2.85 bits per heavy atom. The molecule has 0 radical (unpaired) electrons. The molecule has 9 nitrogen and oxygen atoms in total. The predicted molar refractivity (Wildman–Crippen MR) is 67.2 cm³/mol. The van der Waals surface area contributed by atoms with Gasteiger partial charge in [0.1, 0.15) is 18.7 Å². The Labute approximate surface area is 115 Å². The Kier molecular flexibility index (Phi) is 4.08. The number of hydrogen-bond donors (Lipinski definition) is 1. The molecule has 0 fully saturated rings. The molecule has 0 amide bonds. The zero-order valence-corrected chi connectivity index (χ0v) is 11.5. The van der Waals surface area contributed by atoms with E-state index >= 15 is 0 Å². The lowest BCUT2D eigenvalue weighted by molar-refractivity contribution is 0.0684. The zero-order chi connectivity index (χ0) is 14.7. The third kappa shape index (κ3) is 2.67. The minimum atomic E-state index is -1.13. The van der Waals surface area contributed by atoms with Gasteiger partial charge in [-0.1, -0.05) is 5.21 Å². The predicted octanol–water partition coefficient (Wildman–Crippen LogP) is 0.343. The van der Waals surface area contributed by atoms with Gasteiger partial charge in [0, 0.05) is 13.2 Å². The van der Waals surface area contributed by atoms with Crippen molar-refractivity contribution in [2.24, 2.45) is 0 Å². The summed E-state index contributed by atoms with van der Waals surface area (Å²) in [5.74, 6) is -0.451. The fraction of sp³-hybridized carbons (Fsp3) is 0.545. The van der Waals surface area contributed by atoms with E-state index in [1.165, 1.54) is 18.1 Å². The number of carboxylic acid groups (broad SMARTS) is 1. The lowest BCUT2D eigenvalue weighted by atomic mass is 10.3. The largest absolute Gasteiger partial charge is 0.476 e. The van der Waals surface area contributed by atoms with Gasteiger partial charge < -0.3 is 9.84 Å². The number of hydrogen-bond acceptors (Lipinski definition) is 6. The van der Waals surface area contributed by atoms with E-state index in [2.05, 4.69) is 20.4 Å². The van der Waals surface area contributed by atoms with Crippen LogP contribution in [0.25, 0.3) is 0 Å². The van der Waals surface area contributed by atoms with Gasteiger partial charge in [0.15, 0.2) is 5.69 Å². The van der Waals surface area contributed by atoms with Crippen molar-refractivity contribution < 1.29 is 14.6 Å². The fourth-order valence-electron chi connectivity index (χ4n) is 1.86. The van der Waals surface area contributed by atoms with Crippen molar-refractivity contribution in [2.75, 3.05) is 7.11 Å². The summed E-state index contributed by atoms with van der Waals surface area (Å²) >= 11 is 0. The number of rotatable bonds is 6. The number of carboxylic acids is 1. The van der Waals surface area contributed by atoms with Gasteiger partial charge in [-0.05, 0) is 13.8 Å². The van der Waals surface area contributed by atoms with Crippen LogP contribution in [-0.2, 0) is 17.9 Å². The van der Waals surface area contributed by atoms with E-state index in [-0.39, 0.29) is 24.9 Å². The van der Waals surface area contributed by atoms with E-state index in [0.29, 0.717) is 11.5 Å². The summed E-state index contributed by atoms with van der Waals surface area (Å²) in [6.45, 7) is 4.37. The normalized spacial score (nSPS) is 11.2. The summed E-state index contributed by atoms with van der Waals surface area (Å²) in [5.41, 5.74) is 0.292. The molecule has 0 aliphatic rings. The van der Waals surface area contributed by atoms with E-state index < -0.39 is 5.97 Å². The molecule has 0 aliphatic carbocycles. The molecule has 2 rings (SSSR count). The number of methoxy groups -OCH3 is 1. The van der Waals surface area contributed by atoms with Crippen LogP contribution in [0.15, 0.2) is 6.33 Å². The van der Waals surface area contributed by atoms with Crippen molar-refractivity contribution in [3.63, 3.8) is 0 Å². The molecule has 108 valence electrons. The summed E-state index contributed by atoms with van der Waals surface area (Å²) in [6.07, 6.45) is 1.46. The van der Waals surface area contributed by atoms with Crippen LogP contribution in [-0.4, -0.2) is 47.9 Å². The van der Waals surface area contributed by atoms with Gasteiger partial charge in [-0.3, -0.25) is 0 Å². The monoisotopic (exact) mass is 280 g/mol. The first kappa shape index (κ1) is 14.1. The summed E-state index contributed by atoms with van der Waals surface area (Å²) in [5, 5.41) is 20.7. The second-order valence-corrected chi connectivity index (χ2v) is 4.50. The van der Waals surface area contributed by atoms with Gasteiger partial charge in [-0.25, -0.2) is 19.1 Å². The Morgan fingerprint density at radius 2 is 2.25 bits per heavy atom. The van der Waals surface area contributed by atoms with Crippen molar-refractivity contribution in [1.29, 1.82) is 0 Å². The lowest BCUT2D eigenvalue weighted by Crippen LogP contribution is -2.15. The molecule has 9 heteroatoms. The highest BCUT2D eigenvalue weighted by atomic mass is 16.5. The molecule has 0 bridgehead atoms. The topological polar surface area (TPSA) is 108 Å². The third-order valence-corrected chi connectivity index (χ3v) is 2.75. The van der Waals surface area contributed by atoms with Gasteiger partial charge in [0.25, 0.3) is 0 Å². The van der Waals surface area contributed by atoms with Gasteiger partial charge in [0.2, 0.25) is 0 Å². The maximum absolute atomic E-state index is 11.1. The van der Waals surface area contributed by atoms with Gasteiger partial charge >= 0.3 is 5.97 Å². The Hall–Kier alpha value is -2.29. The van der Waals surface area contributed by atoms with Crippen molar-refractivity contribution in [2.45, 2.75) is 33.0 Å². The van der Waals surface area contributed by atoms with Crippen LogP contribution in [0.5, 0.6) is 0 Å². The fourth-order valence-corrected chi connectivity index (χ4v) is 1.86. The van der Waals surface area contributed by atoms with Crippen molar-refractivity contribution >= 4 is 5.97 Å². The van der Waals surface area contributed by atoms with Crippen LogP contribution in [0.1, 0.15) is 41.9 Å². The first-order valence-electron chi connectivity index (χ1n) is 6.07. The second kappa shape index (κ2) is 5.78. The van der Waals surface area contributed by atoms with Crippen molar-refractivity contribution in [3.05, 3.63) is 23.5 Å². The zero-order valence-electron chi connectivity index (χ0n) is 11.5. The lowest BCUT2D eigenvalue weighted by Gasteiger charge is -2.10. The maximum Gasteiger partial charge on any atom is 0.358 e. The summed E-state index contributed by atoms with van der Waals surface area (Å²) in [6, 6.07) is 0.154. The highest BCUT2D eigenvalue weighted by Gasteiger charge is 2.20. The first-order chi connectivity index (χ1) is 9.54. The van der Waals surface area contributed by atoms with Crippen molar-refractivity contribution in [1.82, 2.24) is 29.8 Å². The second-order valence-electron chi connectivity index (χ2n) is 4.50. The minimum absolute atomic E-state index is 0.109. The van der Waals surface area contributed by atoms with Crippen LogP contribution in [0.2, 0.25) is 0 Å². The Balaban J connectivity index is 2.33. The summed E-state index contributed by atoms with van der Waals surface area (Å²) in [4.78, 5) is 15.2. The van der Waals surface area contributed by atoms with Crippen LogP contribution in [0.4, 0.5) is 0 Å². The molecular formula is C11H16N6O3. The summed E-state index contributed by atoms with van der Waals surface area (Å²) < 4.78 is 8.22. The molecule has 0 saturated heterocycles. The SMILES string of the molecule is COCc1c(C(=O)O)nnn1Cc1ncnn1C(C)C. The number of nitrogens with zero attached hydrogens (tertiary/aromatic N) is 6. The standard InChI is InChI=1S/C11H16N6O3/c1-7(2)17-9(12-6-13-17)4-16-8(5-20-3)10(11(18)19)14-15-16/h6-7H,4-5H2,1-3H3,(H,18,19). The molecule has 2 heterocycles. The molecule has 0 saturated carbocycles. The van der Waals surface area contributed by atoms with Crippen LogP contribution < -0.4 is 0 Å². The molecule has 0 aliphatic heterocycles. The first-order valence-corrected chi connectivity index (χ1v) is 6.07. The molecule has 2 aromatic heterocycles. The molecule has 0 atom stereocenters. The van der Waals surface area contributed by atoms with Gasteiger partial charge in [0.05, 0.1) is 12.3 Å².